The third kappa shape index (κ3) is 4.35. The Hall–Kier alpha value is -2.29. The zero-order chi connectivity index (χ0) is 15.9. The van der Waals surface area contributed by atoms with Gasteiger partial charge in [-0.25, -0.2) is 0 Å². The quantitative estimate of drug-likeness (QED) is 0.851. The van der Waals surface area contributed by atoms with Gasteiger partial charge >= 0.3 is 0 Å². The molecule has 1 N–H and O–H groups in total. The molecule has 0 bridgehead atoms. The van der Waals surface area contributed by atoms with E-state index in [0.29, 0.717) is 11.7 Å². The molecule has 0 aliphatic rings. The molecule has 1 unspecified atom stereocenters. The van der Waals surface area contributed by atoms with Crippen molar-refractivity contribution in [3.63, 3.8) is 0 Å². The van der Waals surface area contributed by atoms with Crippen molar-refractivity contribution in [1.82, 2.24) is 0 Å². The first-order chi connectivity index (χ1) is 10.6. The molecule has 1 atom stereocenters. The van der Waals surface area contributed by atoms with Gasteiger partial charge < -0.3 is 10.1 Å². The van der Waals surface area contributed by atoms with Gasteiger partial charge in [0.15, 0.2) is 6.61 Å². The van der Waals surface area contributed by atoms with Crippen LogP contribution in [0.1, 0.15) is 37.3 Å². The third-order valence-electron chi connectivity index (χ3n) is 3.74. The molecule has 2 aromatic carbocycles. The number of para-hydroxylation sites is 1. The standard InChI is InChI=1S/C19H23NO2/c1-4-15(3)17-10-5-6-11-18(17)20-19(21)13-22-16-9-7-8-14(2)12-16/h5-12,15H,4,13H2,1-3H3,(H,20,21). The number of amides is 1. The molecule has 0 aromatic heterocycles. The van der Waals surface area contributed by atoms with Crippen molar-refractivity contribution in [1.29, 1.82) is 0 Å². The van der Waals surface area contributed by atoms with Crippen molar-refractivity contribution in [2.45, 2.75) is 33.1 Å². The molecule has 22 heavy (non-hydrogen) atoms. The van der Waals surface area contributed by atoms with E-state index in [2.05, 4.69) is 25.2 Å². The summed E-state index contributed by atoms with van der Waals surface area (Å²) in [7, 11) is 0. The van der Waals surface area contributed by atoms with Crippen LogP contribution in [-0.4, -0.2) is 12.5 Å². The molecular weight excluding hydrogens is 274 g/mol. The molecule has 0 spiro atoms. The van der Waals surface area contributed by atoms with E-state index in [4.69, 9.17) is 4.74 Å². The zero-order valence-corrected chi connectivity index (χ0v) is 13.4. The number of aryl methyl sites for hydroxylation is 1. The highest BCUT2D eigenvalue weighted by atomic mass is 16.5. The lowest BCUT2D eigenvalue weighted by atomic mass is 9.97. The van der Waals surface area contributed by atoms with Gasteiger partial charge in [0.1, 0.15) is 5.75 Å². The van der Waals surface area contributed by atoms with Gasteiger partial charge in [0.2, 0.25) is 0 Å². The van der Waals surface area contributed by atoms with Crippen molar-refractivity contribution in [3.05, 3.63) is 59.7 Å². The molecule has 0 heterocycles. The lowest BCUT2D eigenvalue weighted by Gasteiger charge is -2.15. The number of carbonyl (C=O) groups is 1. The number of hydrogen-bond donors (Lipinski definition) is 1. The second kappa shape index (κ2) is 7.64. The average molecular weight is 297 g/mol. The minimum absolute atomic E-state index is 0.0122. The van der Waals surface area contributed by atoms with Gasteiger partial charge in [-0.15, -0.1) is 0 Å². The Bertz CT molecular complexity index is 637. The van der Waals surface area contributed by atoms with Crippen LogP contribution in [0.2, 0.25) is 0 Å². The van der Waals surface area contributed by atoms with E-state index < -0.39 is 0 Å². The van der Waals surface area contributed by atoms with Crippen LogP contribution in [-0.2, 0) is 4.79 Å². The Labute approximate surface area is 132 Å². The number of ether oxygens (including phenoxy) is 1. The van der Waals surface area contributed by atoms with E-state index in [1.165, 1.54) is 0 Å². The summed E-state index contributed by atoms with van der Waals surface area (Å²) < 4.78 is 5.54. The van der Waals surface area contributed by atoms with Crippen molar-refractivity contribution >= 4 is 11.6 Å². The number of anilines is 1. The predicted molar refractivity (Wildman–Crippen MR) is 90.5 cm³/mol. The van der Waals surface area contributed by atoms with Gasteiger partial charge in [-0.2, -0.15) is 0 Å². The van der Waals surface area contributed by atoms with E-state index in [9.17, 15) is 4.79 Å². The Kier molecular flexibility index (Phi) is 5.59. The first kappa shape index (κ1) is 16.1. The summed E-state index contributed by atoms with van der Waals surface area (Å²) in [6.45, 7) is 6.31. The van der Waals surface area contributed by atoms with Gasteiger partial charge in [-0.1, -0.05) is 44.2 Å². The smallest absolute Gasteiger partial charge is 0.262 e. The summed E-state index contributed by atoms with van der Waals surface area (Å²) >= 11 is 0. The molecule has 0 aliphatic heterocycles. The molecule has 3 heteroatoms. The van der Waals surface area contributed by atoms with Crippen molar-refractivity contribution in [3.8, 4) is 5.75 Å². The van der Waals surface area contributed by atoms with Gasteiger partial charge in [0.05, 0.1) is 0 Å². The molecule has 2 rings (SSSR count). The highest BCUT2D eigenvalue weighted by Gasteiger charge is 2.11. The van der Waals surface area contributed by atoms with Crippen molar-refractivity contribution in [2.24, 2.45) is 0 Å². The monoisotopic (exact) mass is 297 g/mol. The topological polar surface area (TPSA) is 38.3 Å². The maximum absolute atomic E-state index is 12.1. The molecule has 0 radical (unpaired) electrons. The normalized spacial score (nSPS) is 11.8. The van der Waals surface area contributed by atoms with E-state index in [-0.39, 0.29) is 12.5 Å². The number of carbonyl (C=O) groups excluding carboxylic acids is 1. The largest absolute Gasteiger partial charge is 0.484 e. The molecule has 2 aromatic rings. The van der Waals surface area contributed by atoms with Crippen LogP contribution in [0.5, 0.6) is 5.75 Å². The van der Waals surface area contributed by atoms with Crippen LogP contribution < -0.4 is 10.1 Å². The highest BCUT2D eigenvalue weighted by molar-refractivity contribution is 5.92. The molecule has 0 aliphatic carbocycles. The Morgan fingerprint density at radius 3 is 2.68 bits per heavy atom. The maximum Gasteiger partial charge on any atom is 0.262 e. The first-order valence-electron chi connectivity index (χ1n) is 7.68. The van der Waals surface area contributed by atoms with Crippen LogP contribution in [0.4, 0.5) is 5.69 Å². The third-order valence-corrected chi connectivity index (χ3v) is 3.74. The van der Waals surface area contributed by atoms with Gasteiger partial charge in [-0.05, 0) is 48.6 Å². The summed E-state index contributed by atoms with van der Waals surface area (Å²) in [6, 6.07) is 15.6. The summed E-state index contributed by atoms with van der Waals surface area (Å²) in [6.07, 6.45) is 1.03. The number of rotatable bonds is 6. The Morgan fingerprint density at radius 2 is 1.95 bits per heavy atom. The first-order valence-corrected chi connectivity index (χ1v) is 7.68. The van der Waals surface area contributed by atoms with Gasteiger partial charge in [-0.3, -0.25) is 4.79 Å². The molecule has 0 saturated heterocycles. The van der Waals surface area contributed by atoms with Crippen LogP contribution in [0.3, 0.4) is 0 Å². The molecule has 0 saturated carbocycles. The minimum atomic E-state index is -0.141. The molecule has 116 valence electrons. The van der Waals surface area contributed by atoms with Crippen LogP contribution in [0.25, 0.3) is 0 Å². The Balaban J connectivity index is 1.98. The van der Waals surface area contributed by atoms with E-state index in [0.717, 1.165) is 23.2 Å². The van der Waals surface area contributed by atoms with Crippen LogP contribution in [0.15, 0.2) is 48.5 Å². The maximum atomic E-state index is 12.1. The second-order valence-electron chi connectivity index (χ2n) is 5.55. The predicted octanol–water partition coefficient (Wildman–Crippen LogP) is 4.53. The molecule has 3 nitrogen and oxygen atoms in total. The molecule has 1 amide bonds. The summed E-state index contributed by atoms with van der Waals surface area (Å²) in [5, 5.41) is 2.95. The van der Waals surface area contributed by atoms with Crippen LogP contribution in [0, 0.1) is 6.92 Å². The minimum Gasteiger partial charge on any atom is -0.484 e. The average Bonchev–Trinajstić information content (AvgIpc) is 2.53. The van der Waals surface area contributed by atoms with E-state index >= 15 is 0 Å². The van der Waals surface area contributed by atoms with Crippen molar-refractivity contribution < 1.29 is 9.53 Å². The molecular formula is C19H23NO2. The SMILES string of the molecule is CCC(C)c1ccccc1NC(=O)COc1cccc(C)c1. The zero-order valence-electron chi connectivity index (χ0n) is 13.4. The van der Waals surface area contributed by atoms with Crippen LogP contribution >= 0.6 is 0 Å². The lowest BCUT2D eigenvalue weighted by Crippen LogP contribution is -2.21. The van der Waals surface area contributed by atoms with Gasteiger partial charge in [0, 0.05) is 5.69 Å². The number of benzene rings is 2. The fraction of sp³-hybridized carbons (Fsp3) is 0.316. The van der Waals surface area contributed by atoms with Gasteiger partial charge in [0.25, 0.3) is 5.91 Å². The molecule has 0 fully saturated rings. The van der Waals surface area contributed by atoms with Crippen molar-refractivity contribution in [2.75, 3.05) is 11.9 Å². The van der Waals surface area contributed by atoms with E-state index in [1.807, 2.05) is 49.4 Å². The number of nitrogens with one attached hydrogen (secondary N) is 1. The lowest BCUT2D eigenvalue weighted by molar-refractivity contribution is -0.118. The Morgan fingerprint density at radius 1 is 1.18 bits per heavy atom. The second-order valence-corrected chi connectivity index (χ2v) is 5.55. The fourth-order valence-corrected chi connectivity index (χ4v) is 2.30. The van der Waals surface area contributed by atoms with E-state index in [1.54, 1.807) is 0 Å². The highest BCUT2D eigenvalue weighted by Crippen LogP contribution is 2.26. The number of hydrogen-bond acceptors (Lipinski definition) is 2. The summed E-state index contributed by atoms with van der Waals surface area (Å²) in [5.41, 5.74) is 3.14. The fourth-order valence-electron chi connectivity index (χ4n) is 2.30. The summed E-state index contributed by atoms with van der Waals surface area (Å²) in [5.74, 6) is 0.983. The summed E-state index contributed by atoms with van der Waals surface area (Å²) in [4.78, 5) is 12.1.